The first-order chi connectivity index (χ1) is 9.99. The van der Waals surface area contributed by atoms with Crippen LogP contribution >= 0.6 is 12.4 Å². The second kappa shape index (κ2) is 8.03. The molecule has 0 aromatic heterocycles. The predicted octanol–water partition coefficient (Wildman–Crippen LogP) is 3.18. The van der Waals surface area contributed by atoms with Crippen molar-refractivity contribution in [3.63, 3.8) is 0 Å². The minimum Gasteiger partial charge on any atom is -0.454 e. The molecule has 2 aromatic carbocycles. The van der Waals surface area contributed by atoms with Crippen molar-refractivity contribution in [2.24, 2.45) is 5.73 Å². The maximum atomic E-state index is 13.6. The Morgan fingerprint density at radius 3 is 2.18 bits per heavy atom. The predicted molar refractivity (Wildman–Crippen MR) is 78.8 cm³/mol. The van der Waals surface area contributed by atoms with E-state index >= 15 is 0 Å². The largest absolute Gasteiger partial charge is 0.454 e. The van der Waals surface area contributed by atoms with Gasteiger partial charge >= 0.3 is 0 Å². The molecule has 0 amide bonds. The highest BCUT2D eigenvalue weighted by Gasteiger charge is 2.13. The molecule has 0 spiro atoms. The van der Waals surface area contributed by atoms with Crippen LogP contribution in [0.1, 0.15) is 5.56 Å². The molecule has 0 saturated carbocycles. The summed E-state index contributed by atoms with van der Waals surface area (Å²) in [5, 5.41) is 8.96. The van der Waals surface area contributed by atoms with Crippen LogP contribution in [0.2, 0.25) is 0 Å². The molecule has 0 saturated heterocycles. The lowest BCUT2D eigenvalue weighted by Gasteiger charge is -2.14. The molecule has 1 unspecified atom stereocenters. The highest BCUT2D eigenvalue weighted by atomic mass is 35.5. The molecule has 2 aromatic rings. The van der Waals surface area contributed by atoms with Crippen LogP contribution in [0, 0.1) is 17.5 Å². The standard InChI is InChI=1S/C15H14F3NO2.ClH/c16-10-1-3-14(9(5-10)6-12(19)8-20)21-15-4-2-11(17)7-13(15)18;/h1-5,7,12,20H,6,8,19H2;1H. The quantitative estimate of drug-likeness (QED) is 0.883. The fourth-order valence-electron chi connectivity index (χ4n) is 1.83. The average molecular weight is 334 g/mol. The van der Waals surface area contributed by atoms with Crippen LogP contribution in [0.4, 0.5) is 13.2 Å². The number of benzene rings is 2. The maximum absolute atomic E-state index is 13.6. The number of rotatable bonds is 5. The van der Waals surface area contributed by atoms with Gasteiger partial charge in [-0.15, -0.1) is 12.4 Å². The summed E-state index contributed by atoms with van der Waals surface area (Å²) >= 11 is 0. The highest BCUT2D eigenvalue weighted by Crippen LogP contribution is 2.29. The first-order valence-corrected chi connectivity index (χ1v) is 6.27. The molecule has 120 valence electrons. The smallest absolute Gasteiger partial charge is 0.168 e. The number of nitrogens with two attached hydrogens (primary N) is 1. The number of halogens is 4. The van der Waals surface area contributed by atoms with Crippen LogP contribution in [0.5, 0.6) is 11.5 Å². The Morgan fingerprint density at radius 1 is 1.00 bits per heavy atom. The van der Waals surface area contributed by atoms with Crippen molar-refractivity contribution in [1.29, 1.82) is 0 Å². The van der Waals surface area contributed by atoms with Crippen LogP contribution in [-0.4, -0.2) is 17.8 Å². The van der Waals surface area contributed by atoms with Crippen molar-refractivity contribution in [2.45, 2.75) is 12.5 Å². The second-order valence-electron chi connectivity index (χ2n) is 4.58. The molecule has 0 aliphatic heterocycles. The van der Waals surface area contributed by atoms with Crippen LogP contribution in [0.15, 0.2) is 36.4 Å². The summed E-state index contributed by atoms with van der Waals surface area (Å²) < 4.78 is 45.1. The molecule has 0 radical (unpaired) electrons. The average Bonchev–Trinajstić information content (AvgIpc) is 2.44. The fourth-order valence-corrected chi connectivity index (χ4v) is 1.83. The molecule has 3 nitrogen and oxygen atoms in total. The van der Waals surface area contributed by atoms with E-state index in [9.17, 15) is 13.2 Å². The zero-order valence-corrected chi connectivity index (χ0v) is 12.2. The van der Waals surface area contributed by atoms with E-state index in [1.807, 2.05) is 0 Å². The third kappa shape index (κ3) is 4.62. The fraction of sp³-hybridized carbons (Fsp3) is 0.200. The van der Waals surface area contributed by atoms with Gasteiger partial charge in [0.05, 0.1) is 6.61 Å². The van der Waals surface area contributed by atoms with Gasteiger partial charge in [-0.3, -0.25) is 0 Å². The number of aliphatic hydroxyl groups excluding tert-OH is 1. The number of aliphatic hydroxyl groups is 1. The van der Waals surface area contributed by atoms with E-state index in [1.54, 1.807) is 0 Å². The first kappa shape index (κ1) is 18.3. The van der Waals surface area contributed by atoms with Gasteiger partial charge in [0, 0.05) is 12.1 Å². The Bertz CT molecular complexity index is 640. The lowest BCUT2D eigenvalue weighted by molar-refractivity contribution is 0.264. The molecule has 0 aliphatic rings. The van der Waals surface area contributed by atoms with E-state index in [1.165, 1.54) is 12.1 Å². The van der Waals surface area contributed by atoms with Gasteiger partial charge in [-0.05, 0) is 42.3 Å². The summed E-state index contributed by atoms with van der Waals surface area (Å²) in [6.45, 7) is -0.277. The van der Waals surface area contributed by atoms with Crippen LogP contribution < -0.4 is 10.5 Å². The zero-order valence-electron chi connectivity index (χ0n) is 11.4. The van der Waals surface area contributed by atoms with Crippen LogP contribution in [0.3, 0.4) is 0 Å². The highest BCUT2D eigenvalue weighted by molar-refractivity contribution is 5.85. The molecular formula is C15H15ClF3NO2. The summed E-state index contributed by atoms with van der Waals surface area (Å²) in [6, 6.07) is 5.99. The van der Waals surface area contributed by atoms with Gasteiger partial charge in [-0.1, -0.05) is 0 Å². The van der Waals surface area contributed by atoms with Gasteiger partial charge in [0.15, 0.2) is 11.6 Å². The van der Waals surface area contributed by atoms with Gasteiger partial charge < -0.3 is 15.6 Å². The van der Waals surface area contributed by atoms with E-state index in [0.717, 1.165) is 18.2 Å². The minimum atomic E-state index is -0.864. The van der Waals surface area contributed by atoms with Gasteiger partial charge in [0.1, 0.15) is 17.4 Å². The third-order valence-electron chi connectivity index (χ3n) is 2.85. The molecule has 0 aliphatic carbocycles. The topological polar surface area (TPSA) is 55.5 Å². The van der Waals surface area contributed by atoms with E-state index < -0.39 is 23.5 Å². The van der Waals surface area contributed by atoms with Gasteiger partial charge in [0.25, 0.3) is 0 Å². The molecule has 3 N–H and O–H groups in total. The van der Waals surface area contributed by atoms with Crippen LogP contribution in [0.25, 0.3) is 0 Å². The number of hydrogen-bond acceptors (Lipinski definition) is 3. The molecule has 0 heterocycles. The summed E-state index contributed by atoms with van der Waals surface area (Å²) in [7, 11) is 0. The summed E-state index contributed by atoms with van der Waals surface area (Å²) in [4.78, 5) is 0. The Kier molecular flexibility index (Phi) is 6.67. The second-order valence-corrected chi connectivity index (χ2v) is 4.58. The van der Waals surface area contributed by atoms with Gasteiger partial charge in [-0.2, -0.15) is 0 Å². The molecule has 2 rings (SSSR count). The van der Waals surface area contributed by atoms with Crippen molar-refractivity contribution in [3.05, 3.63) is 59.4 Å². The zero-order chi connectivity index (χ0) is 15.4. The Hall–Kier alpha value is -1.76. The van der Waals surface area contributed by atoms with E-state index in [4.69, 9.17) is 15.6 Å². The molecule has 0 bridgehead atoms. The van der Waals surface area contributed by atoms with E-state index in [0.29, 0.717) is 11.6 Å². The molecule has 0 fully saturated rings. The Balaban J connectivity index is 0.00000242. The summed E-state index contributed by atoms with van der Waals surface area (Å²) in [6.07, 6.45) is 0.159. The van der Waals surface area contributed by atoms with Crippen molar-refractivity contribution >= 4 is 12.4 Å². The van der Waals surface area contributed by atoms with Gasteiger partial charge in [-0.25, -0.2) is 13.2 Å². The van der Waals surface area contributed by atoms with Gasteiger partial charge in [0.2, 0.25) is 0 Å². The Labute approximate surface area is 131 Å². The SMILES string of the molecule is Cl.NC(CO)Cc1cc(F)ccc1Oc1ccc(F)cc1F. The van der Waals surface area contributed by atoms with Crippen molar-refractivity contribution in [1.82, 2.24) is 0 Å². The van der Waals surface area contributed by atoms with Crippen molar-refractivity contribution in [3.8, 4) is 11.5 Å². The normalized spacial score (nSPS) is 11.7. The molecule has 7 heteroatoms. The monoisotopic (exact) mass is 333 g/mol. The Morgan fingerprint density at radius 2 is 1.59 bits per heavy atom. The van der Waals surface area contributed by atoms with Crippen molar-refractivity contribution in [2.75, 3.05) is 6.61 Å². The lowest BCUT2D eigenvalue weighted by atomic mass is 10.1. The lowest BCUT2D eigenvalue weighted by Crippen LogP contribution is -2.27. The van der Waals surface area contributed by atoms with Crippen molar-refractivity contribution < 1.29 is 23.0 Å². The summed E-state index contributed by atoms with van der Waals surface area (Å²) in [5.41, 5.74) is 6.00. The van der Waals surface area contributed by atoms with E-state index in [2.05, 4.69) is 0 Å². The number of ether oxygens (including phenoxy) is 1. The van der Waals surface area contributed by atoms with Crippen LogP contribution in [-0.2, 0) is 6.42 Å². The summed E-state index contributed by atoms with van der Waals surface area (Å²) in [5.74, 6) is -2.06. The molecule has 22 heavy (non-hydrogen) atoms. The third-order valence-corrected chi connectivity index (χ3v) is 2.85. The molecule has 1 atom stereocenters. The van der Waals surface area contributed by atoms with E-state index in [-0.39, 0.29) is 36.9 Å². The minimum absolute atomic E-state index is 0. The maximum Gasteiger partial charge on any atom is 0.168 e. The number of hydrogen-bond donors (Lipinski definition) is 2. The molecular weight excluding hydrogens is 319 g/mol. The first-order valence-electron chi connectivity index (χ1n) is 6.27.